The van der Waals surface area contributed by atoms with Gasteiger partial charge in [-0.15, -0.1) is 0 Å². The molecule has 2 N–H and O–H groups in total. The number of unbranched alkanes of at least 4 members (excludes halogenated alkanes) is 1. The number of carboxylic acid groups (broad SMARTS) is 1. The van der Waals surface area contributed by atoms with Crippen molar-refractivity contribution in [2.45, 2.75) is 51.0 Å². The Balaban J connectivity index is 1.84. The third-order valence-electron chi connectivity index (χ3n) is 4.90. The maximum atomic E-state index is 12.4. The molecule has 2 atom stereocenters. The van der Waals surface area contributed by atoms with Gasteiger partial charge in [-0.25, -0.2) is 13.1 Å². The number of carboxylic acids is 1. The van der Waals surface area contributed by atoms with Crippen LogP contribution in [0.15, 0.2) is 41.8 Å². The van der Waals surface area contributed by atoms with Crippen LogP contribution in [-0.4, -0.2) is 32.6 Å². The molecule has 1 aliphatic rings. The van der Waals surface area contributed by atoms with Gasteiger partial charge in [-0.05, 0) is 61.8 Å². The molecule has 1 aliphatic carbocycles. The summed E-state index contributed by atoms with van der Waals surface area (Å²) in [4.78, 5) is 10.5. The van der Waals surface area contributed by atoms with Crippen molar-refractivity contribution in [3.63, 3.8) is 0 Å². The Bertz CT molecular complexity index is 784. The second kappa shape index (κ2) is 11.0. The second-order valence-electron chi connectivity index (χ2n) is 7.03. The summed E-state index contributed by atoms with van der Waals surface area (Å²) >= 11 is 0. The molecule has 6 nitrogen and oxygen atoms in total. The predicted molar refractivity (Wildman–Crippen MR) is 110 cm³/mol. The number of rotatable bonds is 11. The lowest BCUT2D eigenvalue weighted by atomic mass is 10.00. The Kier molecular flexibility index (Phi) is 8.73. The summed E-state index contributed by atoms with van der Waals surface area (Å²) in [6.45, 7) is 0. The first-order chi connectivity index (χ1) is 13.4. The zero-order chi connectivity index (χ0) is 20.4. The molecule has 0 heterocycles. The summed E-state index contributed by atoms with van der Waals surface area (Å²) in [7, 11) is -1.93. The predicted octanol–water partition coefficient (Wildman–Crippen LogP) is 3.96. The molecule has 28 heavy (non-hydrogen) atoms. The van der Waals surface area contributed by atoms with Gasteiger partial charge in [0.2, 0.25) is 10.0 Å². The summed E-state index contributed by atoms with van der Waals surface area (Å²) < 4.78 is 32.7. The van der Waals surface area contributed by atoms with Crippen molar-refractivity contribution in [3.05, 3.63) is 47.4 Å². The summed E-state index contributed by atoms with van der Waals surface area (Å²) in [6, 6.07) is 7.12. The third kappa shape index (κ3) is 7.86. The molecule has 0 bridgehead atoms. The van der Waals surface area contributed by atoms with Crippen molar-refractivity contribution in [3.8, 4) is 5.75 Å². The number of hydrogen-bond acceptors (Lipinski definition) is 4. The molecule has 154 valence electrons. The first-order valence-electron chi connectivity index (χ1n) is 9.61. The number of aliphatic carboxylic acids is 1. The number of benzene rings is 1. The molecule has 0 aliphatic heterocycles. The number of methoxy groups -OCH3 is 1. The van der Waals surface area contributed by atoms with Gasteiger partial charge in [0.1, 0.15) is 5.75 Å². The number of ether oxygens (including phenoxy) is 1. The van der Waals surface area contributed by atoms with Crippen LogP contribution >= 0.6 is 0 Å². The smallest absolute Gasteiger partial charge is 0.303 e. The molecule has 0 amide bonds. The van der Waals surface area contributed by atoms with E-state index in [1.807, 2.05) is 12.2 Å². The van der Waals surface area contributed by atoms with Gasteiger partial charge in [-0.1, -0.05) is 30.7 Å². The minimum atomic E-state index is -3.51. The maximum Gasteiger partial charge on any atom is 0.303 e. The van der Waals surface area contributed by atoms with Crippen LogP contribution in [0.4, 0.5) is 0 Å². The number of sulfonamides is 1. The van der Waals surface area contributed by atoms with Crippen LogP contribution in [0.2, 0.25) is 0 Å². The fourth-order valence-electron chi connectivity index (χ4n) is 3.37. The Hall–Kier alpha value is -2.12. The monoisotopic (exact) mass is 407 g/mol. The van der Waals surface area contributed by atoms with Gasteiger partial charge in [-0.2, -0.15) is 0 Å². The van der Waals surface area contributed by atoms with E-state index in [-0.39, 0.29) is 18.4 Å². The first-order valence-corrected chi connectivity index (χ1v) is 11.2. The number of nitrogens with one attached hydrogen (secondary N) is 1. The number of hydrogen-bond donors (Lipinski definition) is 2. The van der Waals surface area contributed by atoms with Gasteiger partial charge in [-0.3, -0.25) is 4.79 Å². The highest BCUT2D eigenvalue weighted by Crippen LogP contribution is 2.29. The van der Waals surface area contributed by atoms with Crippen LogP contribution in [0.1, 0.15) is 50.5 Å². The van der Waals surface area contributed by atoms with Crippen molar-refractivity contribution in [1.29, 1.82) is 0 Å². The highest BCUT2D eigenvalue weighted by Gasteiger charge is 2.28. The van der Waals surface area contributed by atoms with Crippen molar-refractivity contribution in [2.75, 3.05) is 7.11 Å². The third-order valence-corrected chi connectivity index (χ3v) is 6.02. The van der Waals surface area contributed by atoms with Crippen LogP contribution in [-0.2, 0) is 14.8 Å². The normalized spacial score (nSPS) is 20.2. The second-order valence-corrected chi connectivity index (χ2v) is 8.63. The molecule has 1 aromatic carbocycles. The minimum absolute atomic E-state index is 0.0609. The number of allylic oxidation sites excluding steroid dienone is 2. The summed E-state index contributed by atoms with van der Waals surface area (Å²) in [5.41, 5.74) is 0.790. The Labute approximate surface area is 167 Å². The Morgan fingerprint density at radius 2 is 2.00 bits per heavy atom. The summed E-state index contributed by atoms with van der Waals surface area (Å²) in [5, 5.41) is 9.84. The lowest BCUT2D eigenvalue weighted by molar-refractivity contribution is -0.137. The van der Waals surface area contributed by atoms with Crippen LogP contribution in [0.25, 0.3) is 6.08 Å². The van der Waals surface area contributed by atoms with Gasteiger partial charge in [0.05, 0.1) is 7.11 Å². The summed E-state index contributed by atoms with van der Waals surface area (Å²) in [5.74, 6) is 0.226. The van der Waals surface area contributed by atoms with Gasteiger partial charge < -0.3 is 9.84 Å². The van der Waals surface area contributed by atoms with Crippen LogP contribution in [0.3, 0.4) is 0 Å². The van der Waals surface area contributed by atoms with Crippen molar-refractivity contribution in [2.24, 2.45) is 5.92 Å². The van der Waals surface area contributed by atoms with Gasteiger partial charge in [0.25, 0.3) is 0 Å². The van der Waals surface area contributed by atoms with E-state index in [0.29, 0.717) is 6.42 Å². The van der Waals surface area contributed by atoms with E-state index in [4.69, 9.17) is 9.84 Å². The molecule has 2 rings (SSSR count). The molecule has 0 radical (unpaired) electrons. The van der Waals surface area contributed by atoms with E-state index in [1.165, 1.54) is 5.41 Å². The van der Waals surface area contributed by atoms with E-state index in [1.54, 1.807) is 37.5 Å². The average Bonchev–Trinajstić information content (AvgIpc) is 3.09. The first kappa shape index (κ1) is 22.2. The molecular weight excluding hydrogens is 378 g/mol. The van der Waals surface area contributed by atoms with Gasteiger partial charge in [0, 0.05) is 17.9 Å². The highest BCUT2D eigenvalue weighted by molar-refractivity contribution is 7.92. The largest absolute Gasteiger partial charge is 0.497 e. The van der Waals surface area contributed by atoms with Crippen molar-refractivity contribution < 1.29 is 23.1 Å². The van der Waals surface area contributed by atoms with Crippen molar-refractivity contribution in [1.82, 2.24) is 4.72 Å². The molecule has 7 heteroatoms. The lowest BCUT2D eigenvalue weighted by Crippen LogP contribution is -2.36. The Morgan fingerprint density at radius 1 is 1.25 bits per heavy atom. The number of carbonyl (C=O) groups is 1. The molecule has 0 aromatic heterocycles. The maximum absolute atomic E-state index is 12.4. The average molecular weight is 408 g/mol. The topological polar surface area (TPSA) is 92.7 Å². The molecule has 1 aromatic rings. The molecule has 1 fully saturated rings. The standard InChI is InChI=1S/C21H29NO5S/c1-27-19-13-11-17(12-14-19)15-16-28(25,26)22-20-9-6-8-18(20)7-4-2-3-5-10-21(23)24/h2,4,11-16,18,20,22H,3,5-10H2,1H3,(H,23,24)/b4-2+,16-15+. The molecule has 0 spiro atoms. The fourth-order valence-corrected chi connectivity index (χ4v) is 4.51. The van der Waals surface area contributed by atoms with Gasteiger partial charge in [0.15, 0.2) is 0 Å². The quantitative estimate of drug-likeness (QED) is 0.428. The van der Waals surface area contributed by atoms with Crippen molar-refractivity contribution >= 4 is 22.1 Å². The fraction of sp³-hybridized carbons (Fsp3) is 0.476. The van der Waals surface area contributed by atoms with Gasteiger partial charge >= 0.3 is 5.97 Å². The highest BCUT2D eigenvalue weighted by atomic mass is 32.2. The van der Waals surface area contributed by atoms with E-state index >= 15 is 0 Å². The minimum Gasteiger partial charge on any atom is -0.497 e. The zero-order valence-corrected chi connectivity index (χ0v) is 17.0. The Morgan fingerprint density at radius 3 is 2.68 bits per heavy atom. The van der Waals surface area contributed by atoms with E-state index in [2.05, 4.69) is 4.72 Å². The SMILES string of the molecule is COc1ccc(/C=C/S(=O)(=O)NC2CCCC2C/C=C/CCCC(=O)O)cc1. The molecule has 2 unspecified atom stereocenters. The lowest BCUT2D eigenvalue weighted by Gasteiger charge is -2.18. The van der Waals surface area contributed by atoms with Crippen LogP contribution in [0, 0.1) is 5.92 Å². The van der Waals surface area contributed by atoms with E-state index in [0.717, 1.165) is 43.4 Å². The van der Waals surface area contributed by atoms with Crippen LogP contribution < -0.4 is 9.46 Å². The summed E-state index contributed by atoms with van der Waals surface area (Å²) in [6.07, 6.45) is 10.8. The van der Waals surface area contributed by atoms with Crippen LogP contribution in [0.5, 0.6) is 5.75 Å². The molecule has 1 saturated carbocycles. The molecule has 0 saturated heterocycles. The van der Waals surface area contributed by atoms with E-state index in [9.17, 15) is 13.2 Å². The van der Waals surface area contributed by atoms with E-state index < -0.39 is 16.0 Å². The zero-order valence-electron chi connectivity index (χ0n) is 16.2. The molecular formula is C21H29NO5S.